The molecule has 1 aromatic carbocycles. The minimum absolute atomic E-state index is 0.269. The Morgan fingerprint density at radius 3 is 2.12 bits per heavy atom. The van der Waals surface area contributed by atoms with E-state index >= 15 is 0 Å². The molecule has 0 aromatic heterocycles. The first-order valence-corrected chi connectivity index (χ1v) is 9.48. The molecule has 0 saturated heterocycles. The molecule has 1 aromatic rings. The summed E-state index contributed by atoms with van der Waals surface area (Å²) in [5, 5.41) is 19.5. The normalized spacial score (nSPS) is 13.0. The van der Waals surface area contributed by atoms with Gasteiger partial charge in [0.15, 0.2) is 0 Å². The number of carbonyl (C=O) groups is 1. The fourth-order valence-electron chi connectivity index (χ4n) is 2.54. The summed E-state index contributed by atoms with van der Waals surface area (Å²) >= 11 is 17.2. The van der Waals surface area contributed by atoms with E-state index in [4.69, 9.17) is 39.9 Å². The van der Waals surface area contributed by atoms with Gasteiger partial charge in [-0.1, -0.05) is 79.0 Å². The fourth-order valence-corrected chi connectivity index (χ4v) is 2.93. The highest BCUT2D eigenvalue weighted by Crippen LogP contribution is 2.28. The third kappa shape index (κ3) is 9.12. The molecule has 1 atom stereocenters. The zero-order valence-electron chi connectivity index (χ0n) is 13.7. The van der Waals surface area contributed by atoms with Gasteiger partial charge in [0.2, 0.25) is 4.33 Å². The Kier molecular flexibility index (Phi) is 10.1. The molecule has 24 heavy (non-hydrogen) atoms. The monoisotopic (exact) mass is 394 g/mol. The molecular formula is C18H25Cl3O3. The molecule has 6 heteroatoms. The standard InChI is InChI=1S/C18H25Cl3O3/c19-15-10-8-14(9-11-15)13-16(22)7-5-3-1-2-4-6-12-18(20,21)17(23)24/h8-11,16,22H,1-7,12-13H2,(H,23,24). The minimum Gasteiger partial charge on any atom is -0.479 e. The molecule has 0 fully saturated rings. The zero-order valence-corrected chi connectivity index (χ0v) is 16.0. The molecule has 0 saturated carbocycles. The van der Waals surface area contributed by atoms with Crippen molar-refractivity contribution in [1.29, 1.82) is 0 Å². The van der Waals surface area contributed by atoms with Crippen molar-refractivity contribution in [3.05, 3.63) is 34.9 Å². The highest BCUT2D eigenvalue weighted by atomic mass is 35.5. The van der Waals surface area contributed by atoms with E-state index in [1.165, 1.54) is 0 Å². The smallest absolute Gasteiger partial charge is 0.340 e. The largest absolute Gasteiger partial charge is 0.479 e. The molecule has 0 aliphatic heterocycles. The van der Waals surface area contributed by atoms with Crippen LogP contribution in [-0.4, -0.2) is 26.6 Å². The first-order chi connectivity index (χ1) is 11.3. The van der Waals surface area contributed by atoms with Crippen molar-refractivity contribution >= 4 is 40.8 Å². The molecule has 2 N–H and O–H groups in total. The van der Waals surface area contributed by atoms with Gasteiger partial charge in [0.05, 0.1) is 6.10 Å². The highest BCUT2D eigenvalue weighted by molar-refractivity contribution is 6.57. The number of carboxylic acids is 1. The molecule has 1 rings (SSSR count). The van der Waals surface area contributed by atoms with E-state index in [0.29, 0.717) is 17.9 Å². The first-order valence-electron chi connectivity index (χ1n) is 8.35. The predicted octanol–water partition coefficient (Wildman–Crippen LogP) is 5.62. The Labute approximate surface area is 158 Å². The number of aliphatic carboxylic acids is 1. The average molecular weight is 396 g/mol. The van der Waals surface area contributed by atoms with Crippen molar-refractivity contribution in [1.82, 2.24) is 0 Å². The number of benzene rings is 1. The van der Waals surface area contributed by atoms with Crippen LogP contribution in [0.15, 0.2) is 24.3 Å². The van der Waals surface area contributed by atoms with E-state index in [9.17, 15) is 9.90 Å². The summed E-state index contributed by atoms with van der Waals surface area (Å²) in [6.45, 7) is 0. The van der Waals surface area contributed by atoms with Gasteiger partial charge >= 0.3 is 5.97 Å². The predicted molar refractivity (Wildman–Crippen MR) is 100 cm³/mol. The van der Waals surface area contributed by atoms with Crippen molar-refractivity contribution in [3.8, 4) is 0 Å². The summed E-state index contributed by atoms with van der Waals surface area (Å²) in [5.74, 6) is -1.18. The number of unbranched alkanes of at least 4 members (excludes halogenated alkanes) is 5. The lowest BCUT2D eigenvalue weighted by Gasteiger charge is -2.13. The number of hydrogen-bond acceptors (Lipinski definition) is 2. The molecule has 0 aliphatic carbocycles. The third-order valence-electron chi connectivity index (χ3n) is 3.98. The van der Waals surface area contributed by atoms with Crippen molar-refractivity contribution in [2.75, 3.05) is 0 Å². The SMILES string of the molecule is O=C(O)C(Cl)(Cl)CCCCCCCCC(O)Cc1ccc(Cl)cc1. The van der Waals surface area contributed by atoms with E-state index in [1.807, 2.05) is 24.3 Å². The molecular weight excluding hydrogens is 371 g/mol. The lowest BCUT2D eigenvalue weighted by atomic mass is 10.0. The Bertz CT molecular complexity index is 489. The summed E-state index contributed by atoms with van der Waals surface area (Å²) in [5.41, 5.74) is 1.09. The van der Waals surface area contributed by atoms with Crippen molar-refractivity contribution < 1.29 is 15.0 Å². The topological polar surface area (TPSA) is 57.5 Å². The van der Waals surface area contributed by atoms with Crippen LogP contribution in [0.5, 0.6) is 0 Å². The van der Waals surface area contributed by atoms with Gasteiger partial charge in [0, 0.05) is 5.02 Å². The highest BCUT2D eigenvalue weighted by Gasteiger charge is 2.32. The van der Waals surface area contributed by atoms with Crippen LogP contribution < -0.4 is 0 Å². The maximum absolute atomic E-state index is 10.7. The summed E-state index contributed by atoms with van der Waals surface area (Å²) in [7, 11) is 0. The molecule has 0 spiro atoms. The third-order valence-corrected chi connectivity index (χ3v) is 4.93. The maximum atomic E-state index is 10.7. The van der Waals surface area contributed by atoms with E-state index in [-0.39, 0.29) is 12.5 Å². The fraction of sp³-hybridized carbons (Fsp3) is 0.611. The average Bonchev–Trinajstić information content (AvgIpc) is 2.52. The number of alkyl halides is 2. The Morgan fingerprint density at radius 1 is 1.00 bits per heavy atom. The molecule has 0 aliphatic rings. The minimum atomic E-state index is -1.66. The van der Waals surface area contributed by atoms with Crippen LogP contribution in [0.1, 0.15) is 56.9 Å². The summed E-state index contributed by atoms with van der Waals surface area (Å²) < 4.78 is -1.66. The van der Waals surface area contributed by atoms with Crippen molar-refractivity contribution in [2.24, 2.45) is 0 Å². The second-order valence-corrected chi connectivity index (χ2v) is 8.07. The van der Waals surface area contributed by atoms with Gasteiger partial charge in [-0.2, -0.15) is 0 Å². The zero-order chi connectivity index (χ0) is 18.0. The first kappa shape index (κ1) is 21.6. The van der Waals surface area contributed by atoms with Gasteiger partial charge in [-0.25, -0.2) is 4.79 Å². The van der Waals surface area contributed by atoms with Gasteiger partial charge < -0.3 is 10.2 Å². The van der Waals surface area contributed by atoms with E-state index in [2.05, 4.69) is 0 Å². The summed E-state index contributed by atoms with van der Waals surface area (Å²) in [6, 6.07) is 7.56. The van der Waals surface area contributed by atoms with Crippen molar-refractivity contribution in [3.63, 3.8) is 0 Å². The molecule has 0 amide bonds. The molecule has 0 radical (unpaired) electrons. The van der Waals surface area contributed by atoms with Crippen LogP contribution in [0.3, 0.4) is 0 Å². The van der Waals surface area contributed by atoms with Crippen LogP contribution >= 0.6 is 34.8 Å². The van der Waals surface area contributed by atoms with Gasteiger partial charge in [-0.3, -0.25) is 0 Å². The van der Waals surface area contributed by atoms with Gasteiger partial charge in [-0.15, -0.1) is 0 Å². The Balaban J connectivity index is 2.02. The second kappa shape index (κ2) is 11.2. The second-order valence-electron chi connectivity index (χ2n) is 6.15. The van der Waals surface area contributed by atoms with E-state index in [0.717, 1.165) is 44.1 Å². The Morgan fingerprint density at radius 2 is 1.54 bits per heavy atom. The number of aliphatic hydroxyl groups is 1. The number of halogens is 3. The number of rotatable bonds is 12. The lowest BCUT2D eigenvalue weighted by Crippen LogP contribution is -2.25. The quantitative estimate of drug-likeness (QED) is 0.356. The molecule has 136 valence electrons. The summed E-state index contributed by atoms with van der Waals surface area (Å²) in [4.78, 5) is 10.7. The van der Waals surface area contributed by atoms with Crippen LogP contribution in [-0.2, 0) is 11.2 Å². The van der Waals surface area contributed by atoms with Crippen LogP contribution in [0.25, 0.3) is 0 Å². The Hall–Kier alpha value is -0.480. The number of hydrogen-bond donors (Lipinski definition) is 2. The van der Waals surface area contributed by atoms with E-state index in [1.54, 1.807) is 0 Å². The maximum Gasteiger partial charge on any atom is 0.340 e. The number of aliphatic hydroxyl groups excluding tert-OH is 1. The number of carboxylic acid groups (broad SMARTS) is 1. The van der Waals surface area contributed by atoms with Crippen LogP contribution in [0, 0.1) is 0 Å². The lowest BCUT2D eigenvalue weighted by molar-refractivity contribution is -0.138. The van der Waals surface area contributed by atoms with Gasteiger partial charge in [0.25, 0.3) is 0 Å². The van der Waals surface area contributed by atoms with Crippen LogP contribution in [0.4, 0.5) is 0 Å². The van der Waals surface area contributed by atoms with Crippen LogP contribution in [0.2, 0.25) is 5.02 Å². The van der Waals surface area contributed by atoms with E-state index < -0.39 is 10.3 Å². The molecule has 1 unspecified atom stereocenters. The summed E-state index contributed by atoms with van der Waals surface area (Å²) in [6.07, 6.45) is 7.14. The van der Waals surface area contributed by atoms with Crippen molar-refractivity contribution in [2.45, 2.75) is 68.2 Å². The molecule has 0 heterocycles. The van der Waals surface area contributed by atoms with Gasteiger partial charge in [0.1, 0.15) is 0 Å². The molecule has 3 nitrogen and oxygen atoms in total. The molecule has 0 bridgehead atoms. The van der Waals surface area contributed by atoms with Gasteiger partial charge in [-0.05, 0) is 43.4 Å².